The number of aromatic nitrogens is 2. The third-order valence-electron chi connectivity index (χ3n) is 4.93. The molecule has 3 aromatic rings. The summed E-state index contributed by atoms with van der Waals surface area (Å²) in [6, 6.07) is 11.0. The Morgan fingerprint density at radius 3 is 2.77 bits per heavy atom. The molecule has 2 aromatic carbocycles. The van der Waals surface area contributed by atoms with E-state index in [1.807, 2.05) is 25.1 Å². The number of benzene rings is 2. The maximum Gasteiger partial charge on any atom is 0.262 e. The quantitative estimate of drug-likeness (QED) is 0.384. The summed E-state index contributed by atoms with van der Waals surface area (Å²) in [6.07, 6.45) is 0. The lowest BCUT2D eigenvalue weighted by atomic mass is 9.98. The minimum atomic E-state index is -0.178. The van der Waals surface area contributed by atoms with Gasteiger partial charge in [0.15, 0.2) is 5.16 Å². The Morgan fingerprint density at radius 1 is 1.29 bits per heavy atom. The lowest BCUT2D eigenvalue weighted by molar-refractivity contribution is -0.113. The van der Waals surface area contributed by atoms with Crippen LogP contribution in [0.4, 0.5) is 5.69 Å². The molecule has 31 heavy (non-hydrogen) atoms. The minimum Gasteiger partial charge on any atom is -0.383 e. The fourth-order valence-electron chi connectivity index (χ4n) is 3.31. The van der Waals surface area contributed by atoms with Crippen LogP contribution in [-0.4, -0.2) is 34.9 Å². The van der Waals surface area contributed by atoms with Gasteiger partial charge in [0, 0.05) is 17.8 Å². The normalized spacial score (nSPS) is 11.3. The lowest BCUT2D eigenvalue weighted by Gasteiger charge is -2.17. The van der Waals surface area contributed by atoms with Crippen LogP contribution in [0.1, 0.15) is 30.9 Å². The lowest BCUT2D eigenvalue weighted by Crippen LogP contribution is -2.26. The maximum atomic E-state index is 13.0. The van der Waals surface area contributed by atoms with Crippen molar-refractivity contribution in [1.29, 1.82) is 0 Å². The Labute approximate surface area is 191 Å². The third kappa shape index (κ3) is 5.47. The van der Waals surface area contributed by atoms with Gasteiger partial charge in [-0.15, -0.1) is 0 Å². The number of aryl methyl sites for hydroxylation is 1. The predicted molar refractivity (Wildman–Crippen MR) is 128 cm³/mol. The zero-order valence-electron chi connectivity index (χ0n) is 18.1. The summed E-state index contributed by atoms with van der Waals surface area (Å²) < 4.78 is 6.69. The van der Waals surface area contributed by atoms with Crippen LogP contribution in [0.5, 0.6) is 0 Å². The molecule has 0 spiro atoms. The number of methoxy groups -OCH3 is 1. The van der Waals surface area contributed by atoms with Crippen LogP contribution >= 0.6 is 23.4 Å². The van der Waals surface area contributed by atoms with E-state index in [0.717, 1.165) is 16.8 Å². The molecule has 3 rings (SSSR count). The largest absolute Gasteiger partial charge is 0.383 e. The van der Waals surface area contributed by atoms with Gasteiger partial charge in [0.1, 0.15) is 0 Å². The molecule has 1 heterocycles. The molecule has 0 bridgehead atoms. The highest BCUT2D eigenvalue weighted by Crippen LogP contribution is 2.28. The smallest absolute Gasteiger partial charge is 0.262 e. The number of anilines is 1. The molecule has 0 saturated heterocycles. The molecule has 0 fully saturated rings. The average Bonchev–Trinajstić information content (AvgIpc) is 2.72. The zero-order valence-corrected chi connectivity index (χ0v) is 19.6. The van der Waals surface area contributed by atoms with E-state index >= 15 is 0 Å². The van der Waals surface area contributed by atoms with Gasteiger partial charge in [0.05, 0.1) is 29.8 Å². The van der Waals surface area contributed by atoms with Gasteiger partial charge in [-0.05, 0) is 42.2 Å². The van der Waals surface area contributed by atoms with Crippen LogP contribution in [0.3, 0.4) is 0 Å². The van der Waals surface area contributed by atoms with Crippen LogP contribution < -0.4 is 10.9 Å². The molecule has 0 atom stereocenters. The van der Waals surface area contributed by atoms with Gasteiger partial charge >= 0.3 is 0 Å². The van der Waals surface area contributed by atoms with Gasteiger partial charge in [0.2, 0.25) is 5.91 Å². The maximum absolute atomic E-state index is 13.0. The second-order valence-corrected chi connectivity index (χ2v) is 8.92. The van der Waals surface area contributed by atoms with E-state index in [2.05, 4.69) is 24.1 Å². The number of hydrogen-bond acceptors (Lipinski definition) is 5. The highest BCUT2D eigenvalue weighted by molar-refractivity contribution is 7.99. The van der Waals surface area contributed by atoms with E-state index in [1.54, 1.807) is 29.9 Å². The first-order valence-electron chi connectivity index (χ1n) is 10.0. The Hall–Kier alpha value is -2.35. The van der Waals surface area contributed by atoms with Gasteiger partial charge in [-0.2, -0.15) is 0 Å². The molecule has 6 nitrogen and oxygen atoms in total. The second-order valence-electron chi connectivity index (χ2n) is 7.54. The average molecular weight is 460 g/mol. The Morgan fingerprint density at radius 2 is 2.06 bits per heavy atom. The van der Waals surface area contributed by atoms with E-state index in [0.29, 0.717) is 34.2 Å². The Bertz CT molecular complexity index is 1160. The Kier molecular flexibility index (Phi) is 7.75. The Balaban J connectivity index is 1.86. The number of hydrogen-bond donors (Lipinski definition) is 1. The first-order valence-corrected chi connectivity index (χ1v) is 11.4. The number of para-hydroxylation sites is 1. The fourth-order valence-corrected chi connectivity index (χ4v) is 4.30. The summed E-state index contributed by atoms with van der Waals surface area (Å²) in [5, 5.41) is 4.48. The molecule has 0 aliphatic carbocycles. The third-order valence-corrected chi connectivity index (χ3v) is 6.14. The van der Waals surface area contributed by atoms with Crippen molar-refractivity contribution < 1.29 is 9.53 Å². The molecule has 0 unspecified atom stereocenters. The number of carbonyl (C=O) groups is 1. The molecular weight excluding hydrogens is 434 g/mol. The number of carbonyl (C=O) groups excluding carboxylic acids is 1. The molecule has 8 heteroatoms. The van der Waals surface area contributed by atoms with Crippen LogP contribution in [-0.2, 0) is 16.1 Å². The van der Waals surface area contributed by atoms with Crippen LogP contribution in [0, 0.1) is 6.92 Å². The standard InChI is InChI=1S/C23H26ClN3O3S/c1-14(2)17-7-5-6-15(3)21(17)26-20(28)13-31-23-25-19-12-16(24)8-9-18(19)22(29)27(23)10-11-30-4/h5-9,12,14H,10-11,13H2,1-4H3,(H,26,28). The van der Waals surface area contributed by atoms with Crippen molar-refractivity contribution in [3.63, 3.8) is 0 Å². The highest BCUT2D eigenvalue weighted by atomic mass is 35.5. The van der Waals surface area contributed by atoms with Crippen molar-refractivity contribution in [2.24, 2.45) is 0 Å². The van der Waals surface area contributed by atoms with Crippen LogP contribution in [0.15, 0.2) is 46.3 Å². The number of thioether (sulfide) groups is 1. The summed E-state index contributed by atoms with van der Waals surface area (Å²) in [6.45, 7) is 6.88. The SMILES string of the molecule is COCCn1c(SCC(=O)Nc2c(C)cccc2C(C)C)nc2cc(Cl)ccc2c1=O. The van der Waals surface area contributed by atoms with Crippen LogP contribution in [0.2, 0.25) is 5.02 Å². The van der Waals surface area contributed by atoms with Crippen molar-refractivity contribution in [3.8, 4) is 0 Å². The fraction of sp³-hybridized carbons (Fsp3) is 0.348. The van der Waals surface area contributed by atoms with Gasteiger partial charge in [-0.25, -0.2) is 4.98 Å². The summed E-state index contributed by atoms with van der Waals surface area (Å²) >= 11 is 7.30. The molecule has 0 radical (unpaired) electrons. The van der Waals surface area contributed by atoms with Crippen molar-refractivity contribution in [1.82, 2.24) is 9.55 Å². The van der Waals surface area contributed by atoms with E-state index in [9.17, 15) is 9.59 Å². The summed E-state index contributed by atoms with van der Waals surface area (Å²) in [5.41, 5.74) is 3.28. The number of rotatable bonds is 8. The van der Waals surface area contributed by atoms with E-state index in [-0.39, 0.29) is 23.1 Å². The molecule has 1 N–H and O–H groups in total. The topological polar surface area (TPSA) is 73.2 Å². The van der Waals surface area contributed by atoms with Crippen molar-refractivity contribution in [2.45, 2.75) is 38.4 Å². The van der Waals surface area contributed by atoms with Gasteiger partial charge in [0.25, 0.3) is 5.56 Å². The van der Waals surface area contributed by atoms with Gasteiger partial charge < -0.3 is 10.1 Å². The number of nitrogens with one attached hydrogen (secondary N) is 1. The van der Waals surface area contributed by atoms with Gasteiger partial charge in [-0.3, -0.25) is 14.2 Å². The number of fused-ring (bicyclic) bond motifs is 1. The predicted octanol–water partition coefficient (Wildman–Crippen LogP) is 4.86. The van der Waals surface area contributed by atoms with Gasteiger partial charge in [-0.1, -0.05) is 55.4 Å². The molecule has 1 amide bonds. The number of ether oxygens (including phenoxy) is 1. The first kappa shape index (κ1) is 23.3. The second kappa shape index (κ2) is 10.3. The van der Waals surface area contributed by atoms with E-state index < -0.39 is 0 Å². The van der Waals surface area contributed by atoms with Crippen molar-refractivity contribution >= 4 is 45.9 Å². The summed E-state index contributed by atoms with van der Waals surface area (Å²) in [4.78, 5) is 30.3. The first-order chi connectivity index (χ1) is 14.8. The molecule has 164 valence electrons. The van der Waals surface area contributed by atoms with Crippen molar-refractivity contribution in [2.75, 3.05) is 24.8 Å². The highest BCUT2D eigenvalue weighted by Gasteiger charge is 2.16. The van der Waals surface area contributed by atoms with E-state index in [1.165, 1.54) is 11.8 Å². The number of amides is 1. The van der Waals surface area contributed by atoms with Crippen molar-refractivity contribution in [3.05, 3.63) is 62.9 Å². The van der Waals surface area contributed by atoms with E-state index in [4.69, 9.17) is 16.3 Å². The molecular formula is C23H26ClN3O3S. The summed E-state index contributed by atoms with van der Waals surface area (Å²) in [5.74, 6) is 0.256. The molecule has 0 aliphatic heterocycles. The zero-order chi connectivity index (χ0) is 22.5. The summed E-state index contributed by atoms with van der Waals surface area (Å²) in [7, 11) is 1.58. The number of halogens is 1. The molecule has 1 aromatic heterocycles. The van der Waals surface area contributed by atoms with Crippen LogP contribution in [0.25, 0.3) is 10.9 Å². The minimum absolute atomic E-state index is 0.122. The molecule has 0 saturated carbocycles. The monoisotopic (exact) mass is 459 g/mol. The molecule has 0 aliphatic rings. The number of nitrogens with zero attached hydrogens (tertiary/aromatic N) is 2.